The number of thioether (sulfide) groups is 1. The van der Waals surface area contributed by atoms with Crippen LogP contribution >= 0.6 is 11.8 Å². The van der Waals surface area contributed by atoms with E-state index in [-0.39, 0.29) is 30.2 Å². The maximum absolute atomic E-state index is 13.0. The molecule has 3 amide bonds. The highest BCUT2D eigenvalue weighted by Gasteiger charge is 2.35. The van der Waals surface area contributed by atoms with Gasteiger partial charge < -0.3 is 14.8 Å². The van der Waals surface area contributed by atoms with E-state index in [0.717, 1.165) is 39.7 Å². The van der Waals surface area contributed by atoms with Gasteiger partial charge >= 0.3 is 0 Å². The highest BCUT2D eigenvalue weighted by molar-refractivity contribution is 8.18. The Kier molecular flexibility index (Phi) is 8.53. The minimum absolute atomic E-state index is 0.190. The van der Waals surface area contributed by atoms with Crippen LogP contribution in [0.2, 0.25) is 0 Å². The van der Waals surface area contributed by atoms with Crippen molar-refractivity contribution in [2.24, 2.45) is 0 Å². The van der Waals surface area contributed by atoms with Gasteiger partial charge in [-0.05, 0) is 91.5 Å². The van der Waals surface area contributed by atoms with Crippen molar-refractivity contribution in [1.29, 1.82) is 0 Å². The molecule has 1 N–H and O–H groups in total. The highest BCUT2D eigenvalue weighted by atomic mass is 32.2. The van der Waals surface area contributed by atoms with Gasteiger partial charge in [-0.1, -0.05) is 42.5 Å². The molecule has 0 aromatic heterocycles. The molecular weight excluding hydrogens is 500 g/mol. The topological polar surface area (TPSA) is 84.9 Å². The Morgan fingerprint density at radius 2 is 1.74 bits per heavy atom. The summed E-state index contributed by atoms with van der Waals surface area (Å²) in [7, 11) is 0. The number of imide groups is 1. The monoisotopic (exact) mass is 530 g/mol. The van der Waals surface area contributed by atoms with Crippen LogP contribution in [0, 0.1) is 20.8 Å². The molecular formula is C30H30N2O5S. The first-order chi connectivity index (χ1) is 18.2. The van der Waals surface area contributed by atoms with E-state index < -0.39 is 0 Å². The molecule has 1 saturated heterocycles. The number of amides is 3. The van der Waals surface area contributed by atoms with E-state index in [9.17, 15) is 14.4 Å². The second-order valence-corrected chi connectivity index (χ2v) is 9.98. The van der Waals surface area contributed by atoms with Crippen molar-refractivity contribution >= 4 is 40.6 Å². The molecule has 1 aliphatic rings. The largest absolute Gasteiger partial charge is 0.490 e. The van der Waals surface area contributed by atoms with Crippen LogP contribution < -0.4 is 14.8 Å². The summed E-state index contributed by atoms with van der Waals surface area (Å²) >= 11 is 0.916. The van der Waals surface area contributed by atoms with Gasteiger partial charge in [-0.3, -0.25) is 19.3 Å². The van der Waals surface area contributed by atoms with Crippen molar-refractivity contribution in [3.05, 3.63) is 93.4 Å². The van der Waals surface area contributed by atoms with Crippen LogP contribution in [-0.2, 0) is 16.1 Å². The van der Waals surface area contributed by atoms with Crippen molar-refractivity contribution in [1.82, 2.24) is 4.90 Å². The van der Waals surface area contributed by atoms with Gasteiger partial charge in [0.25, 0.3) is 17.1 Å². The molecule has 0 spiro atoms. The third-order valence-electron chi connectivity index (χ3n) is 6.05. The lowest BCUT2D eigenvalue weighted by Gasteiger charge is -2.14. The average molecular weight is 531 g/mol. The summed E-state index contributed by atoms with van der Waals surface area (Å²) in [5, 5.41) is 2.57. The molecule has 196 valence electrons. The lowest BCUT2D eigenvalue weighted by Crippen LogP contribution is -2.27. The molecule has 38 heavy (non-hydrogen) atoms. The van der Waals surface area contributed by atoms with Crippen LogP contribution in [-0.4, -0.2) is 35.2 Å². The summed E-state index contributed by atoms with van der Waals surface area (Å²) in [4.78, 5) is 39.7. The molecule has 0 radical (unpaired) electrons. The fraction of sp³-hybridized carbons (Fsp3) is 0.233. The molecule has 0 saturated carbocycles. The summed E-state index contributed by atoms with van der Waals surface area (Å²) in [6, 6.07) is 18.7. The van der Waals surface area contributed by atoms with Crippen LogP contribution in [0.3, 0.4) is 0 Å². The van der Waals surface area contributed by atoms with Crippen molar-refractivity contribution in [2.45, 2.75) is 34.2 Å². The number of benzene rings is 3. The summed E-state index contributed by atoms with van der Waals surface area (Å²) in [6.45, 7) is 8.13. The Morgan fingerprint density at radius 3 is 2.50 bits per heavy atom. The fourth-order valence-corrected chi connectivity index (χ4v) is 4.79. The molecule has 7 nitrogen and oxygen atoms in total. The summed E-state index contributed by atoms with van der Waals surface area (Å²) in [5.74, 6) is 0.241. The number of hydrogen-bond donors (Lipinski definition) is 1. The highest BCUT2D eigenvalue weighted by Crippen LogP contribution is 2.35. The Bertz CT molecular complexity index is 1420. The molecule has 0 atom stereocenters. The second-order valence-electron chi connectivity index (χ2n) is 8.99. The number of nitrogens with one attached hydrogen (secondary N) is 1. The molecule has 4 rings (SSSR count). The zero-order chi connectivity index (χ0) is 27.2. The Hall–Kier alpha value is -4.04. The van der Waals surface area contributed by atoms with E-state index in [1.165, 1.54) is 4.90 Å². The van der Waals surface area contributed by atoms with Gasteiger partial charge in [0.15, 0.2) is 18.1 Å². The molecule has 0 bridgehead atoms. The van der Waals surface area contributed by atoms with Gasteiger partial charge in [0.2, 0.25) is 0 Å². The fourth-order valence-electron chi connectivity index (χ4n) is 3.95. The number of carbonyl (C=O) groups excluding carboxylic acids is 3. The minimum Gasteiger partial charge on any atom is -0.490 e. The predicted molar refractivity (Wildman–Crippen MR) is 150 cm³/mol. The number of anilines is 1. The molecule has 0 aliphatic carbocycles. The van der Waals surface area contributed by atoms with E-state index in [1.807, 2.05) is 70.2 Å². The van der Waals surface area contributed by atoms with E-state index in [4.69, 9.17) is 9.47 Å². The van der Waals surface area contributed by atoms with Gasteiger partial charge in [-0.2, -0.15) is 0 Å². The third-order valence-corrected chi connectivity index (χ3v) is 6.96. The Morgan fingerprint density at radius 1 is 0.947 bits per heavy atom. The molecule has 8 heteroatoms. The third kappa shape index (κ3) is 6.44. The quantitative estimate of drug-likeness (QED) is 0.329. The van der Waals surface area contributed by atoms with E-state index >= 15 is 0 Å². The van der Waals surface area contributed by atoms with Gasteiger partial charge in [0.05, 0.1) is 18.1 Å². The molecule has 3 aromatic rings. The van der Waals surface area contributed by atoms with Crippen LogP contribution in [0.5, 0.6) is 11.5 Å². The van der Waals surface area contributed by atoms with Gasteiger partial charge in [0.1, 0.15) is 0 Å². The zero-order valence-corrected chi connectivity index (χ0v) is 22.7. The van der Waals surface area contributed by atoms with E-state index in [0.29, 0.717) is 28.6 Å². The van der Waals surface area contributed by atoms with Crippen molar-refractivity contribution in [3.8, 4) is 11.5 Å². The SMILES string of the molecule is CCOc1cc(/C=C2\SC(=O)N(Cc3ccccc3C)C2=O)ccc1OCC(=O)Nc1cc(C)ccc1C. The van der Waals surface area contributed by atoms with Crippen molar-refractivity contribution < 1.29 is 23.9 Å². The Labute approximate surface area is 226 Å². The summed E-state index contributed by atoms with van der Waals surface area (Å²) in [5.41, 5.74) is 5.39. The Balaban J connectivity index is 1.45. The number of rotatable bonds is 9. The van der Waals surface area contributed by atoms with Crippen molar-refractivity contribution in [3.63, 3.8) is 0 Å². The van der Waals surface area contributed by atoms with Gasteiger partial charge in [0, 0.05) is 5.69 Å². The van der Waals surface area contributed by atoms with Gasteiger partial charge in [-0.15, -0.1) is 0 Å². The number of nitrogens with zero attached hydrogens (tertiary/aromatic N) is 1. The smallest absolute Gasteiger partial charge is 0.293 e. The molecule has 1 heterocycles. The number of ether oxygens (including phenoxy) is 2. The first-order valence-electron chi connectivity index (χ1n) is 12.3. The summed E-state index contributed by atoms with van der Waals surface area (Å²) < 4.78 is 11.5. The number of aryl methyl sites for hydroxylation is 3. The maximum Gasteiger partial charge on any atom is 0.293 e. The molecule has 3 aromatic carbocycles. The lowest BCUT2D eigenvalue weighted by molar-refractivity contribution is -0.123. The maximum atomic E-state index is 13.0. The molecule has 1 fully saturated rings. The zero-order valence-electron chi connectivity index (χ0n) is 21.9. The molecule has 0 unspecified atom stereocenters. The summed E-state index contributed by atoms with van der Waals surface area (Å²) in [6.07, 6.45) is 1.67. The predicted octanol–water partition coefficient (Wildman–Crippen LogP) is 6.26. The average Bonchev–Trinajstić information content (AvgIpc) is 3.14. The second kappa shape index (κ2) is 12.0. The van der Waals surface area contributed by atoms with E-state index in [2.05, 4.69) is 5.32 Å². The number of hydrogen-bond acceptors (Lipinski definition) is 6. The first kappa shape index (κ1) is 27.0. The van der Waals surface area contributed by atoms with Gasteiger partial charge in [-0.25, -0.2) is 0 Å². The number of carbonyl (C=O) groups is 3. The standard InChI is InChI=1S/C30H30N2O5S/c1-5-36-26-15-22(12-13-25(26)37-18-28(33)31-24-14-19(2)10-11-21(24)4)16-27-29(34)32(30(35)38-27)17-23-9-7-6-8-20(23)3/h6-16H,5,17-18H2,1-4H3,(H,31,33)/b27-16-. The minimum atomic E-state index is -0.329. The van der Waals surface area contributed by atoms with E-state index in [1.54, 1.807) is 24.3 Å². The molecule has 1 aliphatic heterocycles. The normalized spacial score (nSPS) is 14.2. The van der Waals surface area contributed by atoms with Crippen molar-refractivity contribution in [2.75, 3.05) is 18.5 Å². The first-order valence-corrected chi connectivity index (χ1v) is 13.1. The van der Waals surface area contributed by atoms with Crippen LogP contribution in [0.15, 0.2) is 65.6 Å². The van der Waals surface area contributed by atoms with Crippen LogP contribution in [0.4, 0.5) is 10.5 Å². The van der Waals surface area contributed by atoms with Crippen LogP contribution in [0.1, 0.15) is 34.7 Å². The van der Waals surface area contributed by atoms with Crippen LogP contribution in [0.25, 0.3) is 6.08 Å². The lowest BCUT2D eigenvalue weighted by atomic mass is 10.1.